The zero-order valence-corrected chi connectivity index (χ0v) is 54.6. The van der Waals surface area contributed by atoms with Crippen LogP contribution < -0.4 is 26.4 Å². The van der Waals surface area contributed by atoms with E-state index < -0.39 is 126 Å². The number of benzene rings is 2. The van der Waals surface area contributed by atoms with Crippen LogP contribution in [-0.2, 0) is 65.6 Å². The number of likely N-dealkylation sites (tertiary alicyclic amines) is 2. The molecule has 26 nitrogen and oxygen atoms in total. The lowest BCUT2D eigenvalue weighted by Crippen LogP contribution is -2.61. The van der Waals surface area contributed by atoms with Gasteiger partial charge in [0.2, 0.25) is 35.8 Å². The molecule has 28 heteroatoms. The zero-order chi connectivity index (χ0) is 67.2. The molecule has 6 rings (SSSR count). The van der Waals surface area contributed by atoms with Crippen LogP contribution in [0.5, 0.6) is 5.75 Å². The number of amides is 6. The number of ketones is 1. The van der Waals surface area contributed by atoms with Gasteiger partial charge >= 0.3 is 17.9 Å². The number of carboxylic acids is 2. The number of hydrogen-bond donors (Lipinski definition) is 9. The van der Waals surface area contributed by atoms with Crippen molar-refractivity contribution in [3.05, 3.63) is 75.7 Å². The number of nitrogens with one attached hydrogen (secondary N) is 3. The lowest BCUT2D eigenvalue weighted by Gasteiger charge is -2.45. The summed E-state index contributed by atoms with van der Waals surface area (Å²) in [6.45, 7) is 10.7. The standard InChI is InChI=1S/C63H88N8O18S2/c1-10-34(4)40(59(81)69(7)43(33(2)3)28-48(87-36(6)72)58-68-42(32-91-58)56(79)66-39(24-35(5)61(83)84)25-37-16-12-11-13-17-37)27-46(73)45-18-14-15-23-71(45,8)31-38-19-20-47(88-63-54(78)52(76)53(77)55(89-63)62(85)86)41(26-38)67-50(74)21-22-65-57(80)44(30-64)70-51(75)29-49(90-9)60(70)82/h11-13,16-17,19-20,26,32-35,39-40,43-45,48-49,52-55,63,76-78H,10,14-15,18,21-25,27-31,64H2,1-9H3,(H4-,65,66,67,74,79,80,83,84,85,86)/p+1/t34-,35-,39+,40-,43+,44?,45+,48+,49?,52-,53-,54+,55-,63?,71?/m0/s1. The van der Waals surface area contributed by atoms with Crippen molar-refractivity contribution >= 4 is 87.9 Å². The van der Waals surface area contributed by atoms with E-state index in [1.54, 1.807) is 42.6 Å². The molecule has 15 atom stereocenters. The number of thioether (sulfide) groups is 1. The summed E-state index contributed by atoms with van der Waals surface area (Å²) in [5.41, 5.74) is 7.37. The topological polar surface area (TPSA) is 381 Å². The third-order valence-electron chi connectivity index (χ3n) is 17.6. The molecular formula is C63H89N8O18S2+. The van der Waals surface area contributed by atoms with E-state index in [2.05, 4.69) is 20.9 Å². The summed E-state index contributed by atoms with van der Waals surface area (Å²) >= 11 is 2.28. The predicted molar refractivity (Wildman–Crippen MR) is 335 cm³/mol. The Morgan fingerprint density at radius 1 is 0.956 bits per heavy atom. The van der Waals surface area contributed by atoms with Gasteiger partial charge in [-0.1, -0.05) is 71.4 Å². The maximum Gasteiger partial charge on any atom is 0.335 e. The van der Waals surface area contributed by atoms with Crippen molar-refractivity contribution in [1.29, 1.82) is 0 Å². The van der Waals surface area contributed by atoms with Gasteiger partial charge in [0, 0.05) is 88.1 Å². The van der Waals surface area contributed by atoms with Crippen molar-refractivity contribution in [2.45, 2.75) is 179 Å². The number of esters is 1. The van der Waals surface area contributed by atoms with Gasteiger partial charge < -0.3 is 70.8 Å². The number of nitrogens with zero attached hydrogens (tertiary/aromatic N) is 4. The van der Waals surface area contributed by atoms with Gasteiger partial charge in [0.25, 0.3) is 5.91 Å². The van der Waals surface area contributed by atoms with Crippen LogP contribution in [0.15, 0.2) is 53.9 Å². The number of aliphatic hydroxyl groups excluding tert-OH is 3. The number of rotatable bonds is 32. The molecule has 3 fully saturated rings. The molecule has 3 aliphatic heterocycles. The lowest BCUT2D eigenvalue weighted by molar-refractivity contribution is -0.941. The second-order valence-electron chi connectivity index (χ2n) is 24.6. The molecule has 4 heterocycles. The van der Waals surface area contributed by atoms with Crippen LogP contribution in [0, 0.1) is 23.7 Å². The molecule has 0 radical (unpaired) electrons. The quantitative estimate of drug-likeness (QED) is 0.0246. The smallest absolute Gasteiger partial charge is 0.335 e. The Morgan fingerprint density at radius 2 is 1.66 bits per heavy atom. The van der Waals surface area contributed by atoms with E-state index in [0.717, 1.165) is 34.6 Å². The van der Waals surface area contributed by atoms with E-state index in [1.165, 1.54) is 24.8 Å². The summed E-state index contributed by atoms with van der Waals surface area (Å²) in [5.74, 6) is -8.90. The summed E-state index contributed by atoms with van der Waals surface area (Å²) in [5, 5.41) is 60.7. The third kappa shape index (κ3) is 18.9. The third-order valence-corrected chi connectivity index (χ3v) is 19.4. The number of carboxylic acid groups (broad SMARTS) is 2. The Balaban J connectivity index is 1.20. The van der Waals surface area contributed by atoms with Crippen molar-refractivity contribution in [3.8, 4) is 5.75 Å². The van der Waals surface area contributed by atoms with E-state index >= 15 is 9.59 Å². The van der Waals surface area contributed by atoms with Crippen LogP contribution >= 0.6 is 23.1 Å². The monoisotopic (exact) mass is 1310 g/mol. The van der Waals surface area contributed by atoms with E-state index in [0.29, 0.717) is 36.4 Å². The Morgan fingerprint density at radius 3 is 2.27 bits per heavy atom. The first-order valence-corrected chi connectivity index (χ1v) is 32.9. The molecule has 500 valence electrons. The summed E-state index contributed by atoms with van der Waals surface area (Å²) < 4.78 is 17.4. The number of anilines is 1. The van der Waals surface area contributed by atoms with Crippen LogP contribution in [0.3, 0.4) is 0 Å². The van der Waals surface area contributed by atoms with Gasteiger partial charge in [-0.2, -0.15) is 11.8 Å². The zero-order valence-electron chi connectivity index (χ0n) is 53.0. The molecule has 0 spiro atoms. The minimum absolute atomic E-state index is 0.0194. The highest BCUT2D eigenvalue weighted by Gasteiger charge is 2.49. The van der Waals surface area contributed by atoms with Crippen molar-refractivity contribution in [2.75, 3.05) is 45.3 Å². The highest BCUT2D eigenvalue weighted by Crippen LogP contribution is 2.37. The number of nitrogens with two attached hydrogens (primary N) is 1. The largest absolute Gasteiger partial charge is 0.481 e. The van der Waals surface area contributed by atoms with Gasteiger partial charge in [-0.05, 0) is 67.5 Å². The summed E-state index contributed by atoms with van der Waals surface area (Å²) in [7, 11) is 3.60. The molecule has 0 aliphatic carbocycles. The Hall–Kier alpha value is -6.92. The van der Waals surface area contributed by atoms with Crippen LogP contribution in [0.1, 0.15) is 132 Å². The number of aromatic nitrogens is 1. The number of hydrogen-bond acceptors (Lipinski definition) is 20. The van der Waals surface area contributed by atoms with Gasteiger partial charge in [0.1, 0.15) is 53.4 Å². The highest BCUT2D eigenvalue weighted by atomic mass is 32.2. The maximum absolute atomic E-state index is 15.1. The highest BCUT2D eigenvalue weighted by molar-refractivity contribution is 8.00. The number of carbonyl (C=O) groups is 10. The number of imide groups is 1. The number of piperidine rings is 1. The van der Waals surface area contributed by atoms with Gasteiger partial charge in [-0.3, -0.25) is 48.1 Å². The number of quaternary nitrogens is 1. The molecule has 3 aliphatic rings. The number of carbonyl (C=O) groups excluding carboxylic acids is 8. The van der Waals surface area contributed by atoms with Crippen molar-refractivity contribution < 1.29 is 92.2 Å². The summed E-state index contributed by atoms with van der Waals surface area (Å²) in [6, 6.07) is 11.0. The Kier molecular flexibility index (Phi) is 26.6. The molecule has 0 saturated carbocycles. The number of thiazole rings is 1. The van der Waals surface area contributed by atoms with Crippen LogP contribution in [0.25, 0.3) is 0 Å². The molecule has 3 aromatic rings. The molecule has 10 N–H and O–H groups in total. The number of likely N-dealkylation sites (N-methyl/N-ethyl adjacent to an activating group) is 1. The number of aliphatic hydroxyl groups is 3. The lowest BCUT2D eigenvalue weighted by atomic mass is 9.82. The molecule has 91 heavy (non-hydrogen) atoms. The Bertz CT molecular complexity index is 3080. The molecule has 2 aromatic carbocycles. The first kappa shape index (κ1) is 73.1. The van der Waals surface area contributed by atoms with E-state index in [4.69, 9.17) is 19.9 Å². The van der Waals surface area contributed by atoms with Gasteiger partial charge in [0.05, 0.1) is 30.4 Å². The molecule has 6 amide bonds. The second-order valence-corrected chi connectivity index (χ2v) is 26.5. The average Bonchev–Trinajstić information content (AvgIpc) is 1.27. The first-order chi connectivity index (χ1) is 43.0. The second kappa shape index (κ2) is 33.1. The Labute approximate surface area is 537 Å². The van der Waals surface area contributed by atoms with Gasteiger partial charge in [-0.25, -0.2) is 9.78 Å². The normalized spacial score (nSPS) is 24.0. The molecule has 4 unspecified atom stereocenters. The minimum Gasteiger partial charge on any atom is -0.481 e. The summed E-state index contributed by atoms with van der Waals surface area (Å²) in [6.07, 6.45) is -6.57. The fraction of sp³-hybridized carbons (Fsp3) is 0.603. The molecular weight excluding hydrogens is 1220 g/mol. The van der Waals surface area contributed by atoms with Crippen molar-refractivity contribution in [1.82, 2.24) is 25.4 Å². The van der Waals surface area contributed by atoms with Crippen LogP contribution in [0.4, 0.5) is 5.69 Å². The van der Waals surface area contributed by atoms with Crippen molar-refractivity contribution in [3.63, 3.8) is 0 Å². The fourth-order valence-corrected chi connectivity index (χ4v) is 13.6. The number of aliphatic carboxylic acids is 2. The fourth-order valence-electron chi connectivity index (χ4n) is 12.1. The minimum atomic E-state index is -2.02. The summed E-state index contributed by atoms with van der Waals surface area (Å²) in [4.78, 5) is 140. The van der Waals surface area contributed by atoms with Crippen molar-refractivity contribution in [2.24, 2.45) is 29.4 Å². The SMILES string of the molecule is CC[C@H](C)[C@H](CC(=O)[C@H]1CCCC[N+]1(C)Cc1ccc(OC2O[C@H](C(=O)O)[C@@H](O)[C@H](O)[C@H]2O)c(NC(=O)CCNC(=O)C(CN)N2C(=O)CC(SC)C2=O)c1)C(=O)N(C)[C@H](C[C@@H](OC(C)=O)c1nc(C(=O)N[C@@H](Cc2ccccc2)C[C@H](C)C(=O)O)cs1)C(C)C. The van der Waals surface area contributed by atoms with E-state index in [1.807, 2.05) is 65.1 Å². The predicted octanol–water partition coefficient (Wildman–Crippen LogP) is 3.43. The average molecular weight is 1310 g/mol. The number of Topliss-reactive ketones (excluding diaryl/α,β-unsaturated/α-hetero) is 1. The van der Waals surface area contributed by atoms with E-state index in [9.17, 15) is 63.9 Å². The van der Waals surface area contributed by atoms with Crippen LogP contribution in [0.2, 0.25) is 0 Å². The van der Waals surface area contributed by atoms with Gasteiger partial charge in [0.15, 0.2) is 18.0 Å². The number of ether oxygens (including phenoxy) is 3. The maximum atomic E-state index is 15.1. The van der Waals surface area contributed by atoms with Crippen LogP contribution in [-0.4, -0.2) is 204 Å². The molecule has 3 saturated heterocycles. The van der Waals surface area contributed by atoms with E-state index in [-0.39, 0.29) is 96.9 Å². The first-order valence-electron chi connectivity index (χ1n) is 30.7. The van der Waals surface area contributed by atoms with Gasteiger partial charge in [-0.15, -0.1) is 11.3 Å². The molecule has 1 aromatic heterocycles. The molecule has 0 bridgehead atoms.